The molecule has 2 heterocycles. The highest BCUT2D eigenvalue weighted by Crippen LogP contribution is 2.14. The van der Waals surface area contributed by atoms with E-state index >= 15 is 0 Å². The van der Waals surface area contributed by atoms with E-state index in [1.165, 1.54) is 28.9 Å². The van der Waals surface area contributed by atoms with Crippen molar-refractivity contribution in [3.8, 4) is 5.69 Å². The standard InChI is InChI=1S/C25H29FN6O3/c1-18-24(25(35)32(29(18)2)21-6-4-3-5-7-21)28-23(34)17-31-14-12-30(13-15-31)16-22(33)27-20-10-8-19(26)9-11-20/h3-11H,12-17H2,1-2H3,(H,27,33)(H,28,34). The number of rotatable bonds is 7. The van der Waals surface area contributed by atoms with Gasteiger partial charge in [0.05, 0.1) is 24.5 Å². The fourth-order valence-corrected chi connectivity index (χ4v) is 4.14. The minimum Gasteiger partial charge on any atom is -0.325 e. The van der Waals surface area contributed by atoms with Crippen LogP contribution in [0.1, 0.15) is 5.69 Å². The monoisotopic (exact) mass is 480 g/mol. The van der Waals surface area contributed by atoms with E-state index in [9.17, 15) is 18.8 Å². The molecule has 1 aromatic heterocycles. The molecule has 9 nitrogen and oxygen atoms in total. The van der Waals surface area contributed by atoms with Crippen molar-refractivity contribution in [3.05, 3.63) is 76.5 Å². The molecular formula is C25H29FN6O3. The first-order valence-electron chi connectivity index (χ1n) is 11.5. The van der Waals surface area contributed by atoms with E-state index in [1.54, 1.807) is 18.7 Å². The molecule has 0 radical (unpaired) electrons. The third-order valence-corrected chi connectivity index (χ3v) is 6.15. The second-order valence-corrected chi connectivity index (χ2v) is 8.59. The molecule has 1 aliphatic rings. The zero-order valence-electron chi connectivity index (χ0n) is 19.8. The van der Waals surface area contributed by atoms with Gasteiger partial charge >= 0.3 is 0 Å². The van der Waals surface area contributed by atoms with E-state index < -0.39 is 0 Å². The molecule has 0 unspecified atom stereocenters. The van der Waals surface area contributed by atoms with Crippen molar-refractivity contribution < 1.29 is 14.0 Å². The number of aromatic nitrogens is 2. The molecule has 3 aromatic rings. The summed E-state index contributed by atoms with van der Waals surface area (Å²) in [6.45, 7) is 4.70. The zero-order valence-corrected chi connectivity index (χ0v) is 19.8. The first-order valence-corrected chi connectivity index (χ1v) is 11.5. The Bertz CT molecular complexity index is 1240. The number of hydrogen-bond donors (Lipinski definition) is 2. The quantitative estimate of drug-likeness (QED) is 0.538. The van der Waals surface area contributed by atoms with Crippen LogP contribution in [-0.4, -0.2) is 70.2 Å². The molecule has 1 aliphatic heterocycles. The van der Waals surface area contributed by atoms with Crippen LogP contribution < -0.4 is 16.2 Å². The molecule has 1 fully saturated rings. The molecule has 184 valence electrons. The Kier molecular flexibility index (Phi) is 7.42. The zero-order chi connectivity index (χ0) is 24.9. The Morgan fingerprint density at radius 2 is 1.40 bits per heavy atom. The van der Waals surface area contributed by atoms with Crippen molar-refractivity contribution in [2.45, 2.75) is 6.92 Å². The Balaban J connectivity index is 1.28. The van der Waals surface area contributed by atoms with Crippen LogP contribution >= 0.6 is 0 Å². The van der Waals surface area contributed by atoms with Crippen LogP contribution in [0.25, 0.3) is 5.69 Å². The van der Waals surface area contributed by atoms with Crippen molar-refractivity contribution >= 4 is 23.2 Å². The topological polar surface area (TPSA) is 91.6 Å². The number of benzene rings is 2. The molecule has 0 atom stereocenters. The van der Waals surface area contributed by atoms with Crippen molar-refractivity contribution in [2.24, 2.45) is 7.05 Å². The van der Waals surface area contributed by atoms with Gasteiger partial charge in [0.2, 0.25) is 11.8 Å². The molecule has 0 saturated carbocycles. The lowest BCUT2D eigenvalue weighted by Gasteiger charge is -2.33. The lowest BCUT2D eigenvalue weighted by Crippen LogP contribution is -2.50. The summed E-state index contributed by atoms with van der Waals surface area (Å²) in [5.41, 5.74) is 1.95. The fourth-order valence-electron chi connectivity index (χ4n) is 4.14. The van der Waals surface area contributed by atoms with Crippen LogP contribution in [0.4, 0.5) is 15.8 Å². The van der Waals surface area contributed by atoms with Gasteiger partial charge in [-0.2, -0.15) is 0 Å². The summed E-state index contributed by atoms with van der Waals surface area (Å²) in [6, 6.07) is 14.9. The molecule has 35 heavy (non-hydrogen) atoms. The summed E-state index contributed by atoms with van der Waals surface area (Å²) in [5, 5.41) is 5.55. The lowest BCUT2D eigenvalue weighted by atomic mass is 10.3. The number of carbonyl (C=O) groups is 2. The van der Waals surface area contributed by atoms with Crippen molar-refractivity contribution in [1.29, 1.82) is 0 Å². The van der Waals surface area contributed by atoms with Gasteiger partial charge in [-0.05, 0) is 43.3 Å². The minimum atomic E-state index is -0.354. The van der Waals surface area contributed by atoms with Gasteiger partial charge in [0, 0.05) is 38.9 Å². The predicted octanol–water partition coefficient (Wildman–Crippen LogP) is 1.82. The fraction of sp³-hybridized carbons (Fsp3) is 0.320. The first-order chi connectivity index (χ1) is 16.8. The smallest absolute Gasteiger partial charge is 0.295 e. The average Bonchev–Trinajstić information content (AvgIpc) is 3.05. The Morgan fingerprint density at radius 3 is 1.97 bits per heavy atom. The van der Waals surface area contributed by atoms with Crippen LogP contribution in [0.2, 0.25) is 0 Å². The van der Waals surface area contributed by atoms with Crippen molar-refractivity contribution in [1.82, 2.24) is 19.2 Å². The van der Waals surface area contributed by atoms with E-state index in [-0.39, 0.29) is 42.0 Å². The van der Waals surface area contributed by atoms with E-state index in [1.807, 2.05) is 40.1 Å². The highest BCUT2D eigenvalue weighted by molar-refractivity contribution is 5.93. The summed E-state index contributed by atoms with van der Waals surface area (Å²) in [7, 11) is 1.78. The molecule has 0 aliphatic carbocycles. The number of anilines is 2. The molecule has 0 bridgehead atoms. The normalized spacial score (nSPS) is 14.6. The molecular weight excluding hydrogens is 451 g/mol. The lowest BCUT2D eigenvalue weighted by molar-refractivity contribution is -0.120. The first kappa shape index (κ1) is 24.4. The van der Waals surface area contributed by atoms with Gasteiger partial charge in [-0.25, -0.2) is 9.07 Å². The Hall–Kier alpha value is -3.76. The second-order valence-electron chi connectivity index (χ2n) is 8.59. The molecule has 4 rings (SSSR count). The van der Waals surface area contributed by atoms with E-state index in [2.05, 4.69) is 10.6 Å². The highest BCUT2D eigenvalue weighted by atomic mass is 19.1. The predicted molar refractivity (Wildman–Crippen MR) is 132 cm³/mol. The van der Waals surface area contributed by atoms with Gasteiger partial charge in [0.1, 0.15) is 11.5 Å². The van der Waals surface area contributed by atoms with E-state index in [0.717, 1.165) is 5.69 Å². The van der Waals surface area contributed by atoms with Crippen LogP contribution in [-0.2, 0) is 16.6 Å². The van der Waals surface area contributed by atoms with E-state index in [0.29, 0.717) is 37.6 Å². The molecule has 0 spiro atoms. The van der Waals surface area contributed by atoms with Gasteiger partial charge in [-0.15, -0.1) is 0 Å². The molecule has 10 heteroatoms. The van der Waals surface area contributed by atoms with Gasteiger partial charge in [0.25, 0.3) is 5.56 Å². The number of halogens is 1. The third-order valence-electron chi connectivity index (χ3n) is 6.15. The number of piperazine rings is 1. The average molecular weight is 481 g/mol. The second kappa shape index (κ2) is 10.7. The molecule has 1 saturated heterocycles. The van der Waals surface area contributed by atoms with Gasteiger partial charge in [-0.1, -0.05) is 18.2 Å². The van der Waals surface area contributed by atoms with Crippen molar-refractivity contribution in [3.63, 3.8) is 0 Å². The number of carbonyl (C=O) groups excluding carboxylic acids is 2. The van der Waals surface area contributed by atoms with Gasteiger partial charge in [0.15, 0.2) is 0 Å². The molecule has 2 aromatic carbocycles. The maximum absolute atomic E-state index is 13.0. The van der Waals surface area contributed by atoms with Crippen LogP contribution in [0, 0.1) is 12.7 Å². The summed E-state index contributed by atoms with van der Waals surface area (Å²) in [6.07, 6.45) is 0. The number of amides is 2. The largest absolute Gasteiger partial charge is 0.325 e. The summed E-state index contributed by atoms with van der Waals surface area (Å²) >= 11 is 0. The number of nitrogens with one attached hydrogen (secondary N) is 2. The Morgan fingerprint density at radius 1 is 0.857 bits per heavy atom. The minimum absolute atomic E-state index is 0.161. The number of hydrogen-bond acceptors (Lipinski definition) is 5. The summed E-state index contributed by atoms with van der Waals surface area (Å²) in [5.74, 6) is -0.775. The summed E-state index contributed by atoms with van der Waals surface area (Å²) < 4.78 is 16.3. The van der Waals surface area contributed by atoms with Crippen LogP contribution in [0.5, 0.6) is 0 Å². The number of para-hydroxylation sites is 1. The van der Waals surface area contributed by atoms with Crippen LogP contribution in [0.15, 0.2) is 59.4 Å². The highest BCUT2D eigenvalue weighted by Gasteiger charge is 2.23. The van der Waals surface area contributed by atoms with Gasteiger partial charge < -0.3 is 10.6 Å². The molecule has 2 amide bonds. The third kappa shape index (κ3) is 5.84. The van der Waals surface area contributed by atoms with Crippen LogP contribution in [0.3, 0.4) is 0 Å². The number of nitrogens with zero attached hydrogens (tertiary/aromatic N) is 4. The van der Waals surface area contributed by atoms with Gasteiger partial charge in [-0.3, -0.25) is 28.9 Å². The summed E-state index contributed by atoms with van der Waals surface area (Å²) in [4.78, 5) is 42.0. The maximum Gasteiger partial charge on any atom is 0.295 e. The van der Waals surface area contributed by atoms with E-state index in [4.69, 9.17) is 0 Å². The van der Waals surface area contributed by atoms with Crippen molar-refractivity contribution in [2.75, 3.05) is 49.9 Å². The SMILES string of the molecule is Cc1c(NC(=O)CN2CCN(CC(=O)Nc3ccc(F)cc3)CC2)c(=O)n(-c2ccccc2)n1C. The Labute approximate surface area is 202 Å². The molecule has 2 N–H and O–H groups in total. The maximum atomic E-state index is 13.0.